The quantitative estimate of drug-likeness (QED) is 0.494. The second kappa shape index (κ2) is 4.56. The van der Waals surface area contributed by atoms with Crippen LogP contribution in [-0.4, -0.2) is 36.0 Å². The van der Waals surface area contributed by atoms with Crippen molar-refractivity contribution < 1.29 is 4.92 Å². The van der Waals surface area contributed by atoms with Crippen LogP contribution in [0.1, 0.15) is 26.2 Å². The zero-order chi connectivity index (χ0) is 9.84. The van der Waals surface area contributed by atoms with Gasteiger partial charge in [-0.2, -0.15) is 0 Å². The van der Waals surface area contributed by atoms with Gasteiger partial charge in [-0.05, 0) is 32.4 Å². The summed E-state index contributed by atoms with van der Waals surface area (Å²) in [6.45, 7) is 3.87. The van der Waals surface area contributed by atoms with E-state index in [1.807, 2.05) is 0 Å². The van der Waals surface area contributed by atoms with Crippen molar-refractivity contribution in [2.45, 2.75) is 32.2 Å². The van der Waals surface area contributed by atoms with Crippen LogP contribution in [0.3, 0.4) is 0 Å². The molecular weight excluding hydrogens is 168 g/mol. The number of nitro groups is 1. The van der Waals surface area contributed by atoms with Crippen LogP contribution >= 0.6 is 0 Å². The molecule has 4 heteroatoms. The summed E-state index contributed by atoms with van der Waals surface area (Å²) in [5.74, 6) is 0.527. The summed E-state index contributed by atoms with van der Waals surface area (Å²) in [5, 5.41) is 10.4. The molecule has 13 heavy (non-hydrogen) atoms. The third kappa shape index (κ3) is 3.30. The van der Waals surface area contributed by atoms with Gasteiger partial charge >= 0.3 is 0 Å². The summed E-state index contributed by atoms with van der Waals surface area (Å²) < 4.78 is 0. The van der Waals surface area contributed by atoms with Gasteiger partial charge in [-0.15, -0.1) is 0 Å². The SMILES string of the molecule is CC(CC1CCCN(C)C1)[N+](=O)[O-]. The van der Waals surface area contributed by atoms with E-state index in [4.69, 9.17) is 0 Å². The lowest BCUT2D eigenvalue weighted by Crippen LogP contribution is -2.34. The van der Waals surface area contributed by atoms with E-state index in [0.29, 0.717) is 5.92 Å². The minimum atomic E-state index is -0.378. The summed E-state index contributed by atoms with van der Waals surface area (Å²) in [6, 6.07) is -0.378. The summed E-state index contributed by atoms with van der Waals surface area (Å²) in [5.41, 5.74) is 0. The molecule has 0 spiro atoms. The van der Waals surface area contributed by atoms with E-state index in [-0.39, 0.29) is 11.0 Å². The lowest BCUT2D eigenvalue weighted by molar-refractivity contribution is -0.520. The van der Waals surface area contributed by atoms with Crippen molar-refractivity contribution in [1.29, 1.82) is 0 Å². The van der Waals surface area contributed by atoms with Crippen molar-refractivity contribution in [1.82, 2.24) is 4.90 Å². The number of likely N-dealkylation sites (tertiary alicyclic amines) is 1. The van der Waals surface area contributed by atoms with Gasteiger partial charge in [0.2, 0.25) is 6.04 Å². The molecular formula is C9H18N2O2. The van der Waals surface area contributed by atoms with E-state index in [1.165, 1.54) is 6.42 Å². The van der Waals surface area contributed by atoms with Crippen LogP contribution in [-0.2, 0) is 0 Å². The molecule has 0 amide bonds. The fraction of sp³-hybridized carbons (Fsp3) is 1.00. The molecule has 0 aromatic heterocycles. The smallest absolute Gasteiger partial charge is 0.210 e. The molecule has 1 aliphatic rings. The summed E-state index contributed by atoms with van der Waals surface area (Å²) >= 11 is 0. The van der Waals surface area contributed by atoms with Crippen LogP contribution in [0, 0.1) is 16.0 Å². The molecule has 1 fully saturated rings. The van der Waals surface area contributed by atoms with Crippen molar-refractivity contribution in [2.24, 2.45) is 5.92 Å². The van der Waals surface area contributed by atoms with Crippen molar-refractivity contribution in [3.05, 3.63) is 10.1 Å². The average Bonchev–Trinajstić information content (AvgIpc) is 2.04. The van der Waals surface area contributed by atoms with Crippen molar-refractivity contribution in [3.8, 4) is 0 Å². The van der Waals surface area contributed by atoms with Crippen LogP contribution in [0.2, 0.25) is 0 Å². The van der Waals surface area contributed by atoms with E-state index < -0.39 is 0 Å². The number of hydrogen-bond acceptors (Lipinski definition) is 3. The summed E-state index contributed by atoms with van der Waals surface area (Å²) in [4.78, 5) is 12.5. The van der Waals surface area contributed by atoms with Gasteiger partial charge in [0.05, 0.1) is 0 Å². The standard InChI is InChI=1S/C9H18N2O2/c1-8(11(12)13)6-9-4-3-5-10(2)7-9/h8-9H,3-7H2,1-2H3. The van der Waals surface area contributed by atoms with E-state index >= 15 is 0 Å². The molecule has 76 valence electrons. The molecule has 0 N–H and O–H groups in total. The molecule has 0 radical (unpaired) electrons. The Morgan fingerprint density at radius 2 is 2.38 bits per heavy atom. The van der Waals surface area contributed by atoms with Gasteiger partial charge < -0.3 is 4.90 Å². The lowest BCUT2D eigenvalue weighted by Gasteiger charge is -2.29. The normalized spacial score (nSPS) is 27.1. The number of rotatable bonds is 3. The van der Waals surface area contributed by atoms with Gasteiger partial charge in [-0.25, -0.2) is 0 Å². The molecule has 0 aromatic carbocycles. The zero-order valence-electron chi connectivity index (χ0n) is 8.40. The molecule has 1 aliphatic heterocycles. The second-order valence-electron chi connectivity index (χ2n) is 4.14. The van der Waals surface area contributed by atoms with E-state index in [0.717, 1.165) is 25.9 Å². The highest BCUT2D eigenvalue weighted by Gasteiger charge is 2.23. The van der Waals surface area contributed by atoms with Gasteiger partial charge in [0.15, 0.2) is 0 Å². The van der Waals surface area contributed by atoms with Crippen LogP contribution < -0.4 is 0 Å². The lowest BCUT2D eigenvalue weighted by atomic mass is 9.92. The topological polar surface area (TPSA) is 46.4 Å². The zero-order valence-corrected chi connectivity index (χ0v) is 8.40. The number of nitrogens with zero attached hydrogens (tertiary/aromatic N) is 2. The predicted octanol–water partition coefficient (Wildman–Crippen LogP) is 1.38. The van der Waals surface area contributed by atoms with Crippen LogP contribution in [0.5, 0.6) is 0 Å². The van der Waals surface area contributed by atoms with Gasteiger partial charge in [0.25, 0.3) is 0 Å². The molecule has 4 nitrogen and oxygen atoms in total. The maximum Gasteiger partial charge on any atom is 0.210 e. The highest BCUT2D eigenvalue weighted by atomic mass is 16.6. The van der Waals surface area contributed by atoms with Crippen LogP contribution in [0.25, 0.3) is 0 Å². The fourth-order valence-electron chi connectivity index (χ4n) is 2.03. The Morgan fingerprint density at radius 1 is 1.69 bits per heavy atom. The third-order valence-electron chi connectivity index (χ3n) is 2.76. The van der Waals surface area contributed by atoms with Gasteiger partial charge in [0.1, 0.15) is 0 Å². The molecule has 0 aliphatic carbocycles. The maximum atomic E-state index is 10.4. The molecule has 1 heterocycles. The molecule has 2 unspecified atom stereocenters. The minimum Gasteiger partial charge on any atom is -0.306 e. The Kier molecular flexibility index (Phi) is 3.66. The largest absolute Gasteiger partial charge is 0.306 e. The van der Waals surface area contributed by atoms with Crippen molar-refractivity contribution >= 4 is 0 Å². The molecule has 1 saturated heterocycles. The summed E-state index contributed by atoms with van der Waals surface area (Å²) in [6.07, 6.45) is 3.07. The number of piperidine rings is 1. The van der Waals surface area contributed by atoms with Crippen molar-refractivity contribution in [2.75, 3.05) is 20.1 Å². The highest BCUT2D eigenvalue weighted by Crippen LogP contribution is 2.20. The Bertz CT molecular complexity index is 184. The van der Waals surface area contributed by atoms with Crippen LogP contribution in [0.4, 0.5) is 0 Å². The number of hydrogen-bond donors (Lipinski definition) is 0. The van der Waals surface area contributed by atoms with Crippen LogP contribution in [0.15, 0.2) is 0 Å². The maximum absolute atomic E-state index is 10.4. The first-order valence-electron chi connectivity index (χ1n) is 4.91. The Morgan fingerprint density at radius 3 is 2.92 bits per heavy atom. The van der Waals surface area contributed by atoms with Gasteiger partial charge in [0, 0.05) is 24.8 Å². The van der Waals surface area contributed by atoms with E-state index in [2.05, 4.69) is 11.9 Å². The first kappa shape index (κ1) is 10.4. The Balaban J connectivity index is 2.31. The highest BCUT2D eigenvalue weighted by molar-refractivity contribution is 4.72. The van der Waals surface area contributed by atoms with E-state index in [9.17, 15) is 10.1 Å². The third-order valence-corrected chi connectivity index (χ3v) is 2.76. The van der Waals surface area contributed by atoms with Gasteiger partial charge in [-0.1, -0.05) is 0 Å². The molecule has 0 aromatic rings. The molecule has 2 atom stereocenters. The second-order valence-corrected chi connectivity index (χ2v) is 4.14. The predicted molar refractivity (Wildman–Crippen MR) is 51.3 cm³/mol. The Labute approximate surface area is 79.1 Å². The monoisotopic (exact) mass is 186 g/mol. The van der Waals surface area contributed by atoms with Crippen molar-refractivity contribution in [3.63, 3.8) is 0 Å². The minimum absolute atomic E-state index is 0.172. The first-order chi connectivity index (χ1) is 6.09. The molecule has 0 bridgehead atoms. The molecule has 0 saturated carbocycles. The van der Waals surface area contributed by atoms with E-state index in [1.54, 1.807) is 6.92 Å². The first-order valence-corrected chi connectivity index (χ1v) is 4.91. The fourth-order valence-corrected chi connectivity index (χ4v) is 2.03. The van der Waals surface area contributed by atoms with Gasteiger partial charge in [-0.3, -0.25) is 10.1 Å². The Hall–Kier alpha value is -0.640. The average molecular weight is 186 g/mol. The molecule has 1 rings (SSSR count). The summed E-state index contributed by atoms with van der Waals surface area (Å²) in [7, 11) is 2.09.